The molecule has 0 spiro atoms. The van der Waals surface area contributed by atoms with Crippen LogP contribution in [0.2, 0.25) is 0 Å². The van der Waals surface area contributed by atoms with Crippen molar-refractivity contribution >= 4 is 20.9 Å². The minimum atomic E-state index is -5.79. The van der Waals surface area contributed by atoms with Crippen molar-refractivity contribution < 1.29 is 35.2 Å². The lowest BCUT2D eigenvalue weighted by molar-refractivity contribution is -0.0499. The molecule has 0 aliphatic rings. The molecule has 0 aliphatic heterocycles. The number of benzene rings is 1. The average molecular weight is 337 g/mol. The first-order chi connectivity index (χ1) is 10.2. The van der Waals surface area contributed by atoms with E-state index < -0.39 is 21.4 Å². The molecule has 0 bridgehead atoms. The molecule has 1 heterocycles. The number of rotatable bonds is 4. The van der Waals surface area contributed by atoms with Gasteiger partial charge in [0.25, 0.3) is 0 Å². The van der Waals surface area contributed by atoms with Gasteiger partial charge in [0.2, 0.25) is 0 Å². The van der Waals surface area contributed by atoms with Crippen LogP contribution in [0.1, 0.15) is 0 Å². The van der Waals surface area contributed by atoms with Gasteiger partial charge in [0.05, 0.1) is 20.4 Å². The van der Waals surface area contributed by atoms with Crippen molar-refractivity contribution in [2.45, 2.75) is 5.51 Å². The normalized spacial score (nSPS) is 12.2. The first-order valence-electron chi connectivity index (χ1n) is 5.70. The highest BCUT2D eigenvalue weighted by molar-refractivity contribution is 7.88. The molecule has 1 aromatic carbocycles. The first kappa shape index (κ1) is 16.1. The van der Waals surface area contributed by atoms with Crippen LogP contribution >= 0.6 is 0 Å². The van der Waals surface area contributed by atoms with Gasteiger partial charge in [-0.25, -0.2) is 0 Å². The van der Waals surface area contributed by atoms with E-state index in [-0.39, 0.29) is 11.1 Å². The van der Waals surface area contributed by atoms with Gasteiger partial charge in [-0.2, -0.15) is 21.6 Å². The molecule has 0 N–H and O–H groups in total. The standard InChI is InChI=1S/C12H10F3NO5S/c1-19-9-3-7-5-16-6-11(8(7)4-10(9)20-2)21-22(17,18)12(13,14)15/h3-6H,1-2H3. The maximum absolute atomic E-state index is 12.4. The summed E-state index contributed by atoms with van der Waals surface area (Å²) in [5.41, 5.74) is -5.54. The molecule has 0 atom stereocenters. The number of ether oxygens (including phenoxy) is 2. The van der Waals surface area contributed by atoms with Crippen LogP contribution in [-0.4, -0.2) is 33.1 Å². The summed E-state index contributed by atoms with van der Waals surface area (Å²) in [5, 5.41) is 0.410. The molecule has 0 amide bonds. The Morgan fingerprint density at radius 2 is 1.59 bits per heavy atom. The molecule has 2 aromatic rings. The molecule has 10 heteroatoms. The second kappa shape index (κ2) is 5.52. The molecule has 120 valence electrons. The lowest BCUT2D eigenvalue weighted by Crippen LogP contribution is -2.28. The molecule has 0 radical (unpaired) electrons. The fourth-order valence-corrected chi connectivity index (χ4v) is 2.17. The SMILES string of the molecule is COc1cc2cncc(OS(=O)(=O)C(F)(F)F)c2cc1OC. The van der Waals surface area contributed by atoms with Crippen LogP contribution in [0.15, 0.2) is 24.5 Å². The van der Waals surface area contributed by atoms with Gasteiger partial charge in [0.1, 0.15) is 0 Å². The van der Waals surface area contributed by atoms with E-state index in [4.69, 9.17) is 9.47 Å². The lowest BCUT2D eigenvalue weighted by Gasteiger charge is -2.13. The minimum absolute atomic E-state index is 0.0838. The fraction of sp³-hybridized carbons (Fsp3) is 0.250. The summed E-state index contributed by atoms with van der Waals surface area (Å²) in [4.78, 5) is 3.66. The second-order valence-corrected chi connectivity index (χ2v) is 5.59. The van der Waals surface area contributed by atoms with Gasteiger partial charge in [0, 0.05) is 17.0 Å². The van der Waals surface area contributed by atoms with Gasteiger partial charge < -0.3 is 13.7 Å². The Balaban J connectivity index is 2.61. The number of pyridine rings is 1. The van der Waals surface area contributed by atoms with Crippen molar-refractivity contribution in [1.29, 1.82) is 0 Å². The van der Waals surface area contributed by atoms with Gasteiger partial charge in [0.15, 0.2) is 17.2 Å². The maximum Gasteiger partial charge on any atom is 0.534 e. The first-order valence-corrected chi connectivity index (χ1v) is 7.11. The Hall–Kier alpha value is -2.23. The molecule has 0 unspecified atom stereocenters. The largest absolute Gasteiger partial charge is 0.534 e. The highest BCUT2D eigenvalue weighted by Gasteiger charge is 2.48. The maximum atomic E-state index is 12.4. The molecular weight excluding hydrogens is 327 g/mol. The Morgan fingerprint density at radius 3 is 2.14 bits per heavy atom. The zero-order chi connectivity index (χ0) is 16.5. The molecule has 22 heavy (non-hydrogen) atoms. The third-order valence-electron chi connectivity index (χ3n) is 2.71. The number of nitrogens with zero attached hydrogens (tertiary/aromatic N) is 1. The molecule has 1 aromatic heterocycles. The van der Waals surface area contributed by atoms with Crippen LogP contribution in [0.5, 0.6) is 17.2 Å². The number of fused-ring (bicyclic) bond motifs is 1. The van der Waals surface area contributed by atoms with Crippen LogP contribution in [0, 0.1) is 0 Å². The summed E-state index contributed by atoms with van der Waals surface area (Å²) in [6.45, 7) is 0. The predicted molar refractivity (Wildman–Crippen MR) is 70.4 cm³/mol. The lowest BCUT2D eigenvalue weighted by atomic mass is 10.1. The van der Waals surface area contributed by atoms with Crippen molar-refractivity contribution in [2.24, 2.45) is 0 Å². The third-order valence-corrected chi connectivity index (χ3v) is 3.68. The summed E-state index contributed by atoms with van der Waals surface area (Å²) < 4.78 is 73.7. The van der Waals surface area contributed by atoms with E-state index >= 15 is 0 Å². The number of methoxy groups -OCH3 is 2. The van der Waals surface area contributed by atoms with E-state index in [2.05, 4.69) is 9.17 Å². The van der Waals surface area contributed by atoms with E-state index in [0.717, 1.165) is 6.20 Å². The van der Waals surface area contributed by atoms with E-state index in [1.807, 2.05) is 0 Å². The number of aromatic nitrogens is 1. The number of alkyl halides is 3. The highest BCUT2D eigenvalue weighted by Crippen LogP contribution is 2.37. The molecule has 0 fully saturated rings. The van der Waals surface area contributed by atoms with Gasteiger partial charge in [-0.15, -0.1) is 0 Å². The Morgan fingerprint density at radius 1 is 1.00 bits per heavy atom. The fourth-order valence-electron chi connectivity index (χ4n) is 1.70. The summed E-state index contributed by atoms with van der Waals surface area (Å²) in [7, 11) is -3.08. The number of hydrogen-bond donors (Lipinski definition) is 0. The summed E-state index contributed by atoms with van der Waals surface area (Å²) >= 11 is 0. The minimum Gasteiger partial charge on any atom is -0.493 e. The molecule has 0 saturated carbocycles. The van der Waals surface area contributed by atoms with Gasteiger partial charge in [-0.05, 0) is 12.1 Å². The van der Waals surface area contributed by atoms with E-state index in [0.29, 0.717) is 11.1 Å². The predicted octanol–water partition coefficient (Wildman–Crippen LogP) is 2.48. The Kier molecular flexibility index (Phi) is 4.05. The van der Waals surface area contributed by atoms with Gasteiger partial charge in [-0.3, -0.25) is 4.98 Å². The quantitative estimate of drug-likeness (QED) is 0.630. The van der Waals surface area contributed by atoms with Crippen LogP contribution in [0.3, 0.4) is 0 Å². The van der Waals surface area contributed by atoms with E-state index in [1.54, 1.807) is 0 Å². The molecule has 0 saturated heterocycles. The van der Waals surface area contributed by atoms with Crippen molar-refractivity contribution in [3.8, 4) is 17.2 Å². The zero-order valence-electron chi connectivity index (χ0n) is 11.3. The van der Waals surface area contributed by atoms with Crippen LogP contribution in [0.4, 0.5) is 13.2 Å². The van der Waals surface area contributed by atoms with E-state index in [9.17, 15) is 21.6 Å². The zero-order valence-corrected chi connectivity index (χ0v) is 12.2. The molecule has 0 aliphatic carbocycles. The van der Waals surface area contributed by atoms with Crippen LogP contribution in [0.25, 0.3) is 10.8 Å². The average Bonchev–Trinajstić information content (AvgIpc) is 2.44. The number of halogens is 3. The summed E-state index contributed by atoms with van der Waals surface area (Å²) in [6.07, 6.45) is 2.20. The summed E-state index contributed by atoms with van der Waals surface area (Å²) in [5.74, 6) is -0.0427. The monoisotopic (exact) mass is 337 g/mol. The number of hydrogen-bond acceptors (Lipinski definition) is 6. The highest BCUT2D eigenvalue weighted by atomic mass is 32.2. The van der Waals surface area contributed by atoms with Crippen molar-refractivity contribution in [2.75, 3.05) is 14.2 Å². The molecular formula is C12H10F3NO5S. The van der Waals surface area contributed by atoms with E-state index in [1.165, 1.54) is 32.5 Å². The molecule has 6 nitrogen and oxygen atoms in total. The Labute approximate surface area is 123 Å². The van der Waals surface area contributed by atoms with Crippen molar-refractivity contribution in [3.05, 3.63) is 24.5 Å². The molecule has 2 rings (SSSR count). The second-order valence-electron chi connectivity index (χ2n) is 4.05. The van der Waals surface area contributed by atoms with Gasteiger partial charge in [-0.1, -0.05) is 0 Å². The van der Waals surface area contributed by atoms with Gasteiger partial charge >= 0.3 is 15.6 Å². The smallest absolute Gasteiger partial charge is 0.493 e. The van der Waals surface area contributed by atoms with Crippen LogP contribution in [-0.2, 0) is 10.1 Å². The third kappa shape index (κ3) is 2.86. The van der Waals surface area contributed by atoms with Crippen LogP contribution < -0.4 is 13.7 Å². The summed E-state index contributed by atoms with van der Waals surface area (Å²) in [6, 6.07) is 2.74. The van der Waals surface area contributed by atoms with Crippen molar-refractivity contribution in [1.82, 2.24) is 4.98 Å². The Bertz CT molecular complexity index is 804. The topological polar surface area (TPSA) is 74.7 Å². The van der Waals surface area contributed by atoms with Crippen molar-refractivity contribution in [3.63, 3.8) is 0 Å².